The summed E-state index contributed by atoms with van der Waals surface area (Å²) < 4.78 is 2.32. The van der Waals surface area contributed by atoms with Crippen LogP contribution < -0.4 is 5.56 Å². The molecule has 0 fully saturated rings. The maximum Gasteiger partial charge on any atom is 0.263 e. The summed E-state index contributed by atoms with van der Waals surface area (Å²) in [5, 5.41) is 0.812. The minimum absolute atomic E-state index is 0.0681. The van der Waals surface area contributed by atoms with Crippen molar-refractivity contribution < 1.29 is 0 Å². The molecular formula is C16H24N2OS2. The summed E-state index contributed by atoms with van der Waals surface area (Å²) in [5.41, 5.74) is 1.15. The zero-order valence-electron chi connectivity index (χ0n) is 13.3. The smallest absolute Gasteiger partial charge is 0.263 e. The first-order chi connectivity index (χ1) is 9.97. The molecule has 0 spiro atoms. The molecule has 116 valence electrons. The number of aryl methyl sites for hydroxylation is 2. The molecular weight excluding hydrogens is 300 g/mol. The maximum atomic E-state index is 12.8. The summed E-state index contributed by atoms with van der Waals surface area (Å²) in [6.45, 7) is 8.37. The van der Waals surface area contributed by atoms with Crippen LogP contribution in [-0.4, -0.2) is 9.55 Å². The number of fused-ring (bicyclic) bond motifs is 1. The van der Waals surface area contributed by atoms with Gasteiger partial charge in [0.2, 0.25) is 0 Å². The van der Waals surface area contributed by atoms with Crippen LogP contribution in [0.3, 0.4) is 0 Å². The van der Waals surface area contributed by atoms with Crippen LogP contribution in [0, 0.1) is 18.6 Å². The van der Waals surface area contributed by atoms with E-state index in [1.807, 2.05) is 6.92 Å². The van der Waals surface area contributed by atoms with Crippen molar-refractivity contribution in [2.24, 2.45) is 0 Å². The number of unbranched alkanes of at least 4 members (excludes halogenated alkanes) is 3. The fourth-order valence-corrected chi connectivity index (χ4v) is 4.22. The Morgan fingerprint density at radius 1 is 1.29 bits per heavy atom. The highest BCUT2D eigenvalue weighted by molar-refractivity contribution is 7.71. The molecule has 2 heterocycles. The third kappa shape index (κ3) is 3.29. The predicted molar refractivity (Wildman–Crippen MR) is 94.2 cm³/mol. The molecule has 1 atom stereocenters. The van der Waals surface area contributed by atoms with E-state index in [4.69, 9.17) is 12.2 Å². The van der Waals surface area contributed by atoms with Crippen LogP contribution in [0.1, 0.15) is 62.4 Å². The minimum atomic E-state index is 0.0681. The second kappa shape index (κ2) is 6.88. The number of rotatable bonds is 6. The van der Waals surface area contributed by atoms with Gasteiger partial charge in [0, 0.05) is 10.9 Å². The van der Waals surface area contributed by atoms with Crippen LogP contribution in [0.15, 0.2) is 4.79 Å². The van der Waals surface area contributed by atoms with Crippen LogP contribution in [-0.2, 0) is 0 Å². The SMILES string of the molecule is CCCCCCC(C)n1c(=S)[nH]c2sc(C)c(C)c2c1=O. The molecule has 2 aromatic rings. The number of thiophene rings is 1. The van der Waals surface area contributed by atoms with Gasteiger partial charge >= 0.3 is 0 Å². The lowest BCUT2D eigenvalue weighted by Crippen LogP contribution is -2.25. The third-order valence-electron chi connectivity index (χ3n) is 4.17. The van der Waals surface area contributed by atoms with Gasteiger partial charge in [0.1, 0.15) is 4.83 Å². The van der Waals surface area contributed by atoms with Gasteiger partial charge in [0.25, 0.3) is 5.56 Å². The average molecular weight is 325 g/mol. The van der Waals surface area contributed by atoms with Crippen LogP contribution in [0.25, 0.3) is 10.2 Å². The monoisotopic (exact) mass is 324 g/mol. The van der Waals surface area contributed by atoms with Crippen molar-refractivity contribution in [1.82, 2.24) is 9.55 Å². The summed E-state index contributed by atoms with van der Waals surface area (Å²) in [6.07, 6.45) is 5.87. The van der Waals surface area contributed by atoms with Crippen molar-refractivity contribution in [3.8, 4) is 0 Å². The molecule has 0 saturated carbocycles. The van der Waals surface area contributed by atoms with Crippen molar-refractivity contribution >= 4 is 33.8 Å². The van der Waals surface area contributed by atoms with Gasteiger partial charge in [-0.25, -0.2) is 0 Å². The van der Waals surface area contributed by atoms with E-state index in [-0.39, 0.29) is 11.6 Å². The lowest BCUT2D eigenvalue weighted by atomic mass is 10.1. The lowest BCUT2D eigenvalue weighted by molar-refractivity contribution is 0.455. The van der Waals surface area contributed by atoms with Crippen LogP contribution >= 0.6 is 23.6 Å². The van der Waals surface area contributed by atoms with E-state index >= 15 is 0 Å². The van der Waals surface area contributed by atoms with E-state index in [0.29, 0.717) is 4.77 Å². The summed E-state index contributed by atoms with van der Waals surface area (Å²) in [5.74, 6) is 0. The molecule has 0 aliphatic rings. The van der Waals surface area contributed by atoms with E-state index < -0.39 is 0 Å². The summed E-state index contributed by atoms with van der Waals surface area (Å²) in [6, 6.07) is 0.155. The van der Waals surface area contributed by atoms with Crippen LogP contribution in [0.2, 0.25) is 0 Å². The first-order valence-corrected chi connectivity index (χ1v) is 8.94. The molecule has 0 aromatic carbocycles. The second-order valence-electron chi connectivity index (χ2n) is 5.79. The number of nitrogens with zero attached hydrogens (tertiary/aromatic N) is 1. The molecule has 0 radical (unpaired) electrons. The van der Waals surface area contributed by atoms with Crippen molar-refractivity contribution in [2.45, 2.75) is 65.8 Å². The van der Waals surface area contributed by atoms with Crippen LogP contribution in [0.4, 0.5) is 0 Å². The van der Waals surface area contributed by atoms with Crippen molar-refractivity contribution in [1.29, 1.82) is 0 Å². The Morgan fingerprint density at radius 3 is 2.67 bits per heavy atom. The number of nitrogens with one attached hydrogen (secondary N) is 1. The topological polar surface area (TPSA) is 37.8 Å². The van der Waals surface area contributed by atoms with Gasteiger partial charge in [-0.15, -0.1) is 11.3 Å². The normalized spacial score (nSPS) is 13.0. The molecule has 1 unspecified atom stereocenters. The maximum absolute atomic E-state index is 12.8. The van der Waals surface area contributed by atoms with Gasteiger partial charge in [-0.2, -0.15) is 0 Å². The number of aromatic nitrogens is 2. The number of hydrogen-bond acceptors (Lipinski definition) is 3. The van der Waals surface area contributed by atoms with Gasteiger partial charge in [-0.05, 0) is 45.0 Å². The first kappa shape index (κ1) is 16.4. The molecule has 21 heavy (non-hydrogen) atoms. The Kier molecular flexibility index (Phi) is 5.38. The summed E-state index contributed by atoms with van der Waals surface area (Å²) in [4.78, 5) is 18.1. The first-order valence-electron chi connectivity index (χ1n) is 7.71. The molecule has 0 saturated heterocycles. The third-order valence-corrected chi connectivity index (χ3v) is 5.59. The predicted octanol–water partition coefficient (Wildman–Crippen LogP) is 5.27. The molecule has 0 aliphatic heterocycles. The Hall–Kier alpha value is -0.940. The summed E-state index contributed by atoms with van der Waals surface area (Å²) >= 11 is 7.03. The zero-order valence-corrected chi connectivity index (χ0v) is 14.9. The highest BCUT2D eigenvalue weighted by Gasteiger charge is 2.15. The average Bonchev–Trinajstić information content (AvgIpc) is 2.70. The van der Waals surface area contributed by atoms with E-state index in [0.717, 1.165) is 28.6 Å². The van der Waals surface area contributed by atoms with Crippen molar-refractivity contribution in [2.75, 3.05) is 0 Å². The van der Waals surface area contributed by atoms with E-state index in [1.165, 1.54) is 24.1 Å². The molecule has 1 N–H and O–H groups in total. The fourth-order valence-electron chi connectivity index (χ4n) is 2.74. The second-order valence-corrected chi connectivity index (χ2v) is 7.40. The van der Waals surface area contributed by atoms with Gasteiger partial charge < -0.3 is 4.98 Å². The molecule has 0 amide bonds. The van der Waals surface area contributed by atoms with Crippen LogP contribution in [0.5, 0.6) is 0 Å². The Bertz CT molecular complexity index is 739. The standard InChI is InChI=1S/C16H24N2OS2/c1-5-6-7-8-9-10(2)18-15(19)13-11(3)12(4)21-14(13)17-16(18)20/h10H,5-9H2,1-4H3,(H,17,20). The molecule has 3 nitrogen and oxygen atoms in total. The highest BCUT2D eigenvalue weighted by atomic mass is 32.1. The Labute approximate surface area is 135 Å². The van der Waals surface area contributed by atoms with E-state index in [2.05, 4.69) is 25.8 Å². The van der Waals surface area contributed by atoms with Crippen molar-refractivity contribution in [3.05, 3.63) is 25.6 Å². The molecule has 0 bridgehead atoms. The fraction of sp³-hybridized carbons (Fsp3) is 0.625. The van der Waals surface area contributed by atoms with Gasteiger partial charge in [0.15, 0.2) is 4.77 Å². The Balaban J connectivity index is 2.37. The molecule has 0 aliphatic carbocycles. The Morgan fingerprint density at radius 2 is 2.00 bits per heavy atom. The quantitative estimate of drug-likeness (QED) is 0.580. The van der Waals surface area contributed by atoms with Gasteiger partial charge in [0.05, 0.1) is 5.39 Å². The lowest BCUT2D eigenvalue weighted by Gasteiger charge is -2.15. The molecule has 2 rings (SSSR count). The molecule has 5 heteroatoms. The highest BCUT2D eigenvalue weighted by Crippen LogP contribution is 2.26. The number of H-pyrrole nitrogens is 1. The zero-order chi connectivity index (χ0) is 15.6. The largest absolute Gasteiger partial charge is 0.323 e. The van der Waals surface area contributed by atoms with E-state index in [9.17, 15) is 4.79 Å². The number of aromatic amines is 1. The summed E-state index contributed by atoms with van der Waals surface area (Å²) in [7, 11) is 0. The van der Waals surface area contributed by atoms with Crippen molar-refractivity contribution in [3.63, 3.8) is 0 Å². The van der Waals surface area contributed by atoms with Gasteiger partial charge in [-0.3, -0.25) is 9.36 Å². The molecule has 2 aromatic heterocycles. The van der Waals surface area contributed by atoms with E-state index in [1.54, 1.807) is 15.9 Å². The van der Waals surface area contributed by atoms with Gasteiger partial charge in [-0.1, -0.05) is 32.6 Å². The number of hydrogen-bond donors (Lipinski definition) is 1. The minimum Gasteiger partial charge on any atom is -0.323 e.